The summed E-state index contributed by atoms with van der Waals surface area (Å²) in [6.45, 7) is 0.930. The number of halogens is 1. The molecule has 0 bridgehead atoms. The first-order valence-electron chi connectivity index (χ1n) is 5.53. The lowest BCUT2D eigenvalue weighted by Crippen LogP contribution is -2.10. The number of nitrogens with two attached hydrogens (primary N) is 2. The van der Waals surface area contributed by atoms with Crippen LogP contribution in [-0.4, -0.2) is 12.5 Å². The maximum atomic E-state index is 10.5. The number of amides is 1. The van der Waals surface area contributed by atoms with Crippen LogP contribution in [0.15, 0.2) is 18.2 Å². The van der Waals surface area contributed by atoms with Gasteiger partial charge in [0.05, 0.1) is 6.61 Å². The van der Waals surface area contributed by atoms with Gasteiger partial charge in [-0.2, -0.15) is 0 Å². The van der Waals surface area contributed by atoms with Crippen LogP contribution in [0.1, 0.15) is 24.8 Å². The number of hydrogen-bond acceptors (Lipinski definition) is 3. The molecule has 0 aliphatic carbocycles. The molecule has 1 amide bonds. The molecule has 0 atom stereocenters. The lowest BCUT2D eigenvalue weighted by Gasteiger charge is -2.10. The van der Waals surface area contributed by atoms with Crippen molar-refractivity contribution in [3.63, 3.8) is 0 Å². The van der Waals surface area contributed by atoms with E-state index in [1.807, 2.05) is 0 Å². The van der Waals surface area contributed by atoms with Crippen molar-refractivity contribution in [2.24, 2.45) is 11.5 Å². The zero-order chi connectivity index (χ0) is 12.7. The van der Waals surface area contributed by atoms with E-state index < -0.39 is 0 Å². The Labute approximate surface area is 106 Å². The third-order valence-corrected chi connectivity index (χ3v) is 2.55. The van der Waals surface area contributed by atoms with Crippen molar-refractivity contribution in [2.75, 3.05) is 6.61 Å². The third-order valence-electron chi connectivity index (χ3n) is 2.32. The fraction of sp³-hybridized carbons (Fsp3) is 0.417. The van der Waals surface area contributed by atoms with Gasteiger partial charge in [-0.3, -0.25) is 4.79 Å². The molecule has 0 aromatic heterocycles. The molecule has 17 heavy (non-hydrogen) atoms. The Kier molecular flexibility index (Phi) is 5.80. The molecule has 4 nitrogen and oxygen atoms in total. The lowest BCUT2D eigenvalue weighted by atomic mass is 10.2. The van der Waals surface area contributed by atoms with Crippen molar-refractivity contribution >= 4 is 17.5 Å². The Morgan fingerprint density at radius 1 is 1.35 bits per heavy atom. The summed E-state index contributed by atoms with van der Waals surface area (Å²) in [6.07, 6.45) is 1.92. The zero-order valence-electron chi connectivity index (χ0n) is 9.62. The Hall–Kier alpha value is -1.26. The molecule has 0 radical (unpaired) electrons. The van der Waals surface area contributed by atoms with Crippen LogP contribution in [0.4, 0.5) is 0 Å². The fourth-order valence-electron chi connectivity index (χ4n) is 1.43. The average molecular weight is 257 g/mol. The quantitative estimate of drug-likeness (QED) is 0.731. The summed E-state index contributed by atoms with van der Waals surface area (Å²) in [5.74, 6) is 0.468. The summed E-state index contributed by atoms with van der Waals surface area (Å²) >= 11 is 5.85. The first-order valence-corrected chi connectivity index (χ1v) is 5.91. The Balaban J connectivity index is 2.38. The number of unbranched alkanes of at least 4 members (excludes halogenated alkanes) is 1. The van der Waals surface area contributed by atoms with Crippen LogP contribution in [0.5, 0.6) is 5.75 Å². The third kappa shape index (κ3) is 5.06. The summed E-state index contributed by atoms with van der Waals surface area (Å²) in [5, 5.41) is 0.645. The molecule has 0 aliphatic heterocycles. The van der Waals surface area contributed by atoms with Gasteiger partial charge in [0, 0.05) is 23.6 Å². The number of primary amides is 1. The van der Waals surface area contributed by atoms with Crippen molar-refractivity contribution in [2.45, 2.75) is 25.8 Å². The van der Waals surface area contributed by atoms with E-state index in [1.165, 1.54) is 0 Å². The number of carbonyl (C=O) groups excluding carboxylic acids is 1. The van der Waals surface area contributed by atoms with E-state index in [1.54, 1.807) is 18.2 Å². The standard InChI is InChI=1S/C12H17ClN2O2/c13-10-4-5-11(9(7-10)8-14)17-6-2-1-3-12(15)16/h4-5,7H,1-3,6,8,14H2,(H2,15,16). The molecule has 0 spiro atoms. The molecule has 0 fully saturated rings. The van der Waals surface area contributed by atoms with Crippen LogP contribution >= 0.6 is 11.6 Å². The highest BCUT2D eigenvalue weighted by Gasteiger charge is 2.03. The van der Waals surface area contributed by atoms with Gasteiger partial charge in [-0.1, -0.05) is 11.6 Å². The molecule has 4 N–H and O–H groups in total. The van der Waals surface area contributed by atoms with Gasteiger partial charge >= 0.3 is 0 Å². The molecule has 0 heterocycles. The van der Waals surface area contributed by atoms with Crippen LogP contribution < -0.4 is 16.2 Å². The molecule has 1 aromatic carbocycles. The number of carbonyl (C=O) groups is 1. The Bertz CT molecular complexity index is 383. The summed E-state index contributed by atoms with van der Waals surface area (Å²) in [4.78, 5) is 10.5. The number of benzene rings is 1. The number of ether oxygens (including phenoxy) is 1. The Morgan fingerprint density at radius 2 is 2.12 bits per heavy atom. The van der Waals surface area contributed by atoms with Crippen molar-refractivity contribution < 1.29 is 9.53 Å². The topological polar surface area (TPSA) is 78.3 Å². The number of hydrogen-bond donors (Lipinski definition) is 2. The van der Waals surface area contributed by atoms with Gasteiger partial charge in [-0.15, -0.1) is 0 Å². The van der Waals surface area contributed by atoms with Crippen LogP contribution in [0.25, 0.3) is 0 Å². The highest BCUT2D eigenvalue weighted by atomic mass is 35.5. The van der Waals surface area contributed by atoms with E-state index in [4.69, 9.17) is 27.8 Å². The molecule has 94 valence electrons. The SMILES string of the molecule is NCc1cc(Cl)ccc1OCCCCC(N)=O. The van der Waals surface area contributed by atoms with Gasteiger partial charge in [0.25, 0.3) is 0 Å². The van der Waals surface area contributed by atoms with Gasteiger partial charge in [0.1, 0.15) is 5.75 Å². The maximum absolute atomic E-state index is 10.5. The zero-order valence-corrected chi connectivity index (χ0v) is 10.4. The van der Waals surface area contributed by atoms with Gasteiger partial charge in [0.2, 0.25) is 5.91 Å². The molecular formula is C12H17ClN2O2. The molecule has 0 aliphatic rings. The predicted octanol–water partition coefficient (Wildman–Crippen LogP) is 1.83. The van der Waals surface area contributed by atoms with Crippen molar-refractivity contribution in [3.05, 3.63) is 28.8 Å². The van der Waals surface area contributed by atoms with Gasteiger partial charge in [-0.25, -0.2) is 0 Å². The van der Waals surface area contributed by atoms with Crippen molar-refractivity contribution in [1.29, 1.82) is 0 Å². The normalized spacial score (nSPS) is 10.2. The minimum Gasteiger partial charge on any atom is -0.493 e. The van der Waals surface area contributed by atoms with Gasteiger partial charge < -0.3 is 16.2 Å². The minimum atomic E-state index is -0.279. The molecule has 1 rings (SSSR count). The van der Waals surface area contributed by atoms with E-state index in [2.05, 4.69) is 0 Å². The lowest BCUT2D eigenvalue weighted by molar-refractivity contribution is -0.118. The summed E-state index contributed by atoms with van der Waals surface area (Å²) in [6, 6.07) is 5.36. The predicted molar refractivity (Wildman–Crippen MR) is 67.9 cm³/mol. The molecule has 0 unspecified atom stereocenters. The van der Waals surface area contributed by atoms with E-state index in [0.29, 0.717) is 24.6 Å². The molecule has 5 heteroatoms. The van der Waals surface area contributed by atoms with E-state index >= 15 is 0 Å². The molecular weight excluding hydrogens is 240 g/mol. The van der Waals surface area contributed by atoms with Crippen LogP contribution in [-0.2, 0) is 11.3 Å². The van der Waals surface area contributed by atoms with Crippen molar-refractivity contribution in [3.8, 4) is 5.75 Å². The second-order valence-corrected chi connectivity index (χ2v) is 4.16. The first kappa shape index (κ1) is 13.8. The van der Waals surface area contributed by atoms with Crippen LogP contribution in [0.3, 0.4) is 0 Å². The largest absolute Gasteiger partial charge is 0.493 e. The highest BCUT2D eigenvalue weighted by molar-refractivity contribution is 6.30. The monoisotopic (exact) mass is 256 g/mol. The Morgan fingerprint density at radius 3 is 2.76 bits per heavy atom. The molecule has 0 saturated carbocycles. The summed E-state index contributed by atoms with van der Waals surface area (Å²) < 4.78 is 5.57. The van der Waals surface area contributed by atoms with E-state index in [-0.39, 0.29) is 5.91 Å². The van der Waals surface area contributed by atoms with Gasteiger partial charge in [-0.05, 0) is 31.0 Å². The van der Waals surface area contributed by atoms with E-state index in [9.17, 15) is 4.79 Å². The minimum absolute atomic E-state index is 0.279. The summed E-state index contributed by atoms with van der Waals surface area (Å²) in [5.41, 5.74) is 11.5. The number of rotatable bonds is 7. The van der Waals surface area contributed by atoms with Gasteiger partial charge in [0.15, 0.2) is 0 Å². The maximum Gasteiger partial charge on any atom is 0.217 e. The van der Waals surface area contributed by atoms with E-state index in [0.717, 1.165) is 24.2 Å². The average Bonchev–Trinajstić information content (AvgIpc) is 2.29. The summed E-state index contributed by atoms with van der Waals surface area (Å²) in [7, 11) is 0. The van der Waals surface area contributed by atoms with Crippen LogP contribution in [0, 0.1) is 0 Å². The fourth-order valence-corrected chi connectivity index (χ4v) is 1.63. The second kappa shape index (κ2) is 7.14. The second-order valence-electron chi connectivity index (χ2n) is 3.73. The molecule has 1 aromatic rings. The first-order chi connectivity index (χ1) is 8.13. The van der Waals surface area contributed by atoms with Crippen molar-refractivity contribution in [1.82, 2.24) is 0 Å². The highest BCUT2D eigenvalue weighted by Crippen LogP contribution is 2.22. The smallest absolute Gasteiger partial charge is 0.217 e. The van der Waals surface area contributed by atoms with Crippen LogP contribution in [0.2, 0.25) is 5.02 Å². The molecule has 0 saturated heterocycles.